The number of amides is 1. The third kappa shape index (κ3) is 3.58. The van der Waals surface area contributed by atoms with Gasteiger partial charge < -0.3 is 10.2 Å². The summed E-state index contributed by atoms with van der Waals surface area (Å²) in [6.45, 7) is 2.94. The Morgan fingerprint density at radius 3 is 2.68 bits per heavy atom. The number of hydrogen-bond acceptors (Lipinski definition) is 3. The van der Waals surface area contributed by atoms with Crippen LogP contribution >= 0.6 is 27.3 Å². The van der Waals surface area contributed by atoms with Gasteiger partial charge in [0.25, 0.3) is 5.91 Å². The predicted molar refractivity (Wildman–Crippen MR) is 81.7 cm³/mol. The maximum Gasteiger partial charge on any atom is 0.254 e. The second-order valence-corrected chi connectivity index (χ2v) is 7.85. The second kappa shape index (κ2) is 5.94. The molecule has 0 bridgehead atoms. The predicted octanol–water partition coefficient (Wildman–Crippen LogP) is 3.11. The highest BCUT2D eigenvalue weighted by Gasteiger charge is 2.26. The van der Waals surface area contributed by atoms with Crippen molar-refractivity contribution in [1.29, 1.82) is 0 Å². The summed E-state index contributed by atoms with van der Waals surface area (Å²) in [5.74, 6) is 1.12. The Bertz CT molecular complexity index is 450. The molecule has 3 nitrogen and oxygen atoms in total. The Morgan fingerprint density at radius 1 is 1.37 bits per heavy atom. The number of carbonyl (C=O) groups excluding carboxylic acids is 1. The van der Waals surface area contributed by atoms with Crippen molar-refractivity contribution in [3.8, 4) is 0 Å². The maximum atomic E-state index is 12.3. The van der Waals surface area contributed by atoms with Gasteiger partial charge in [-0.05, 0) is 60.1 Å². The minimum atomic E-state index is 0.183. The number of piperidine rings is 1. The molecule has 3 rings (SSSR count). The van der Waals surface area contributed by atoms with Crippen molar-refractivity contribution in [1.82, 2.24) is 10.2 Å². The highest BCUT2D eigenvalue weighted by molar-refractivity contribution is 9.11. The van der Waals surface area contributed by atoms with E-state index in [1.165, 1.54) is 19.4 Å². The largest absolute Gasteiger partial charge is 0.339 e. The van der Waals surface area contributed by atoms with Crippen molar-refractivity contribution in [2.45, 2.75) is 31.7 Å². The number of halogens is 1. The van der Waals surface area contributed by atoms with E-state index in [4.69, 9.17) is 0 Å². The molecule has 1 saturated heterocycles. The fourth-order valence-electron chi connectivity index (χ4n) is 2.55. The molecule has 19 heavy (non-hydrogen) atoms. The third-order valence-corrected chi connectivity index (χ3v) is 5.49. The van der Waals surface area contributed by atoms with Crippen LogP contribution in [0.3, 0.4) is 0 Å². The molecule has 0 spiro atoms. The van der Waals surface area contributed by atoms with Crippen LogP contribution in [0.15, 0.2) is 15.2 Å². The fourth-order valence-corrected chi connectivity index (χ4v) is 3.68. The molecule has 104 valence electrons. The lowest BCUT2D eigenvalue weighted by Gasteiger charge is -2.32. The summed E-state index contributed by atoms with van der Waals surface area (Å²) >= 11 is 4.98. The minimum Gasteiger partial charge on any atom is -0.339 e. The average molecular weight is 343 g/mol. The summed E-state index contributed by atoms with van der Waals surface area (Å²) in [6, 6.07) is 2.53. The van der Waals surface area contributed by atoms with E-state index in [2.05, 4.69) is 21.2 Å². The Labute approximate surface area is 126 Å². The van der Waals surface area contributed by atoms with Gasteiger partial charge in [-0.3, -0.25) is 4.79 Å². The molecule has 2 heterocycles. The van der Waals surface area contributed by atoms with Crippen molar-refractivity contribution in [3.05, 3.63) is 20.8 Å². The van der Waals surface area contributed by atoms with Crippen molar-refractivity contribution >= 4 is 33.2 Å². The lowest BCUT2D eigenvalue weighted by Crippen LogP contribution is -2.45. The first-order valence-electron chi connectivity index (χ1n) is 6.99. The second-order valence-electron chi connectivity index (χ2n) is 5.56. The Hall–Kier alpha value is -0.390. The molecule has 0 unspecified atom stereocenters. The molecule has 1 aromatic heterocycles. The van der Waals surface area contributed by atoms with Crippen LogP contribution in [-0.4, -0.2) is 36.5 Å². The van der Waals surface area contributed by atoms with Crippen LogP contribution in [0.2, 0.25) is 0 Å². The molecule has 0 aromatic carbocycles. The van der Waals surface area contributed by atoms with E-state index in [-0.39, 0.29) is 5.91 Å². The number of nitrogens with one attached hydrogen (secondary N) is 1. The molecule has 5 heteroatoms. The summed E-state index contributed by atoms with van der Waals surface area (Å²) in [7, 11) is 0. The van der Waals surface area contributed by atoms with E-state index in [0.717, 1.165) is 41.2 Å². The van der Waals surface area contributed by atoms with Crippen LogP contribution in [-0.2, 0) is 0 Å². The van der Waals surface area contributed by atoms with Gasteiger partial charge >= 0.3 is 0 Å². The molecule has 2 aliphatic rings. The van der Waals surface area contributed by atoms with Crippen LogP contribution in [0.4, 0.5) is 0 Å². The zero-order valence-electron chi connectivity index (χ0n) is 10.9. The summed E-state index contributed by atoms with van der Waals surface area (Å²) < 4.78 is 1.02. The highest BCUT2D eigenvalue weighted by Crippen LogP contribution is 2.28. The van der Waals surface area contributed by atoms with Gasteiger partial charge in [0.2, 0.25) is 0 Å². The van der Waals surface area contributed by atoms with E-state index in [9.17, 15) is 4.79 Å². The monoisotopic (exact) mass is 342 g/mol. The molecule has 1 aliphatic heterocycles. The SMILES string of the molecule is O=C(c1csc(Br)c1)N1CCC(NCC2CC2)CC1. The molecular formula is C14H19BrN2OS. The van der Waals surface area contributed by atoms with Gasteiger partial charge in [0.1, 0.15) is 0 Å². The van der Waals surface area contributed by atoms with Crippen LogP contribution in [0.25, 0.3) is 0 Å². The maximum absolute atomic E-state index is 12.3. The highest BCUT2D eigenvalue weighted by atomic mass is 79.9. The molecule has 1 amide bonds. The quantitative estimate of drug-likeness (QED) is 0.911. The summed E-state index contributed by atoms with van der Waals surface area (Å²) in [5.41, 5.74) is 0.821. The van der Waals surface area contributed by atoms with Crippen molar-refractivity contribution in [2.75, 3.05) is 19.6 Å². The number of hydrogen-bond donors (Lipinski definition) is 1. The van der Waals surface area contributed by atoms with Crippen LogP contribution < -0.4 is 5.32 Å². The summed E-state index contributed by atoms with van der Waals surface area (Å²) in [4.78, 5) is 14.3. The van der Waals surface area contributed by atoms with Gasteiger partial charge in [0, 0.05) is 24.5 Å². The molecule has 1 aromatic rings. The first kappa shape index (κ1) is 13.6. The normalized spacial score (nSPS) is 20.8. The number of rotatable bonds is 4. The first-order chi connectivity index (χ1) is 9.22. The van der Waals surface area contributed by atoms with Gasteiger partial charge in [-0.2, -0.15) is 0 Å². The summed E-state index contributed by atoms with van der Waals surface area (Å²) in [6.07, 6.45) is 4.97. The van der Waals surface area contributed by atoms with Gasteiger partial charge in [-0.15, -0.1) is 11.3 Å². The average Bonchev–Trinajstić information content (AvgIpc) is 3.17. The van der Waals surface area contributed by atoms with E-state index in [1.54, 1.807) is 11.3 Å². The molecule has 1 saturated carbocycles. The van der Waals surface area contributed by atoms with E-state index < -0.39 is 0 Å². The first-order valence-corrected chi connectivity index (χ1v) is 8.66. The van der Waals surface area contributed by atoms with E-state index >= 15 is 0 Å². The van der Waals surface area contributed by atoms with E-state index in [0.29, 0.717) is 6.04 Å². The van der Waals surface area contributed by atoms with E-state index in [1.807, 2.05) is 16.3 Å². The van der Waals surface area contributed by atoms with Gasteiger partial charge in [0.05, 0.1) is 9.35 Å². The van der Waals surface area contributed by atoms with Gasteiger partial charge in [0.15, 0.2) is 0 Å². The number of nitrogens with zero attached hydrogens (tertiary/aromatic N) is 1. The fraction of sp³-hybridized carbons (Fsp3) is 0.643. The molecular weight excluding hydrogens is 324 g/mol. The van der Waals surface area contributed by atoms with Crippen LogP contribution in [0.5, 0.6) is 0 Å². The Morgan fingerprint density at radius 2 is 2.11 bits per heavy atom. The lowest BCUT2D eigenvalue weighted by molar-refractivity contribution is 0.0705. The molecule has 1 N–H and O–H groups in total. The van der Waals surface area contributed by atoms with Crippen molar-refractivity contribution in [3.63, 3.8) is 0 Å². The van der Waals surface area contributed by atoms with Gasteiger partial charge in [-0.1, -0.05) is 0 Å². The Kier molecular flexibility index (Phi) is 4.24. The number of carbonyl (C=O) groups is 1. The van der Waals surface area contributed by atoms with Crippen molar-refractivity contribution < 1.29 is 4.79 Å². The number of thiophene rings is 1. The zero-order valence-corrected chi connectivity index (χ0v) is 13.3. The van der Waals surface area contributed by atoms with Crippen molar-refractivity contribution in [2.24, 2.45) is 5.92 Å². The Balaban J connectivity index is 1.47. The van der Waals surface area contributed by atoms with Crippen LogP contribution in [0, 0.1) is 5.92 Å². The smallest absolute Gasteiger partial charge is 0.254 e. The standard InChI is InChI=1S/C14H19BrN2OS/c15-13-7-11(9-19-13)14(18)17-5-3-12(4-6-17)16-8-10-1-2-10/h7,9-10,12,16H,1-6,8H2. The minimum absolute atomic E-state index is 0.183. The summed E-state index contributed by atoms with van der Waals surface area (Å²) in [5, 5.41) is 5.58. The number of likely N-dealkylation sites (tertiary alicyclic amines) is 1. The molecule has 1 aliphatic carbocycles. The molecule has 2 fully saturated rings. The van der Waals surface area contributed by atoms with Crippen LogP contribution in [0.1, 0.15) is 36.0 Å². The third-order valence-electron chi connectivity index (χ3n) is 3.99. The zero-order chi connectivity index (χ0) is 13.2. The van der Waals surface area contributed by atoms with Gasteiger partial charge in [-0.25, -0.2) is 0 Å². The molecule has 0 atom stereocenters. The topological polar surface area (TPSA) is 32.3 Å². The lowest BCUT2D eigenvalue weighted by atomic mass is 10.0. The molecule has 0 radical (unpaired) electrons.